The molecule has 1 N–H and O–H groups in total. The van der Waals surface area contributed by atoms with Gasteiger partial charge in [-0.15, -0.1) is 11.3 Å². The zero-order valence-electron chi connectivity index (χ0n) is 10.4. The Morgan fingerprint density at radius 2 is 2.35 bits per heavy atom. The summed E-state index contributed by atoms with van der Waals surface area (Å²) >= 11 is 1.80. The molecule has 1 aromatic heterocycles. The van der Waals surface area contributed by atoms with Crippen LogP contribution in [-0.4, -0.2) is 29.1 Å². The average molecular weight is 253 g/mol. The summed E-state index contributed by atoms with van der Waals surface area (Å²) in [4.78, 5) is 16.3. The van der Waals surface area contributed by atoms with E-state index in [0.717, 1.165) is 25.9 Å². The quantitative estimate of drug-likeness (QED) is 0.897. The van der Waals surface area contributed by atoms with Crippen LogP contribution >= 0.6 is 11.3 Å². The number of rotatable bonds is 4. The first-order valence-corrected chi connectivity index (χ1v) is 6.88. The largest absolute Gasteiger partial charge is 0.481 e. The molecule has 1 fully saturated rings. The molecule has 1 aliphatic rings. The number of aryl methyl sites for hydroxylation is 1. The van der Waals surface area contributed by atoms with E-state index in [0.29, 0.717) is 6.54 Å². The Morgan fingerprint density at radius 3 is 2.82 bits per heavy atom. The molecule has 0 spiro atoms. The van der Waals surface area contributed by atoms with Gasteiger partial charge in [-0.05, 0) is 38.4 Å². The van der Waals surface area contributed by atoms with Crippen LogP contribution < -0.4 is 0 Å². The zero-order chi connectivity index (χ0) is 12.5. The summed E-state index contributed by atoms with van der Waals surface area (Å²) in [6.45, 7) is 6.57. The van der Waals surface area contributed by atoms with Gasteiger partial charge < -0.3 is 5.11 Å². The van der Waals surface area contributed by atoms with Crippen LogP contribution in [0.2, 0.25) is 0 Å². The molecule has 0 aromatic carbocycles. The standard InChI is InChI=1S/C13H19NO2S/c1-3-13(12(15)16)6-7-14(9-13)8-11-5-4-10(2)17-11/h4-5H,3,6-9H2,1-2H3,(H,15,16). The van der Waals surface area contributed by atoms with Crippen molar-refractivity contribution in [1.82, 2.24) is 4.90 Å². The van der Waals surface area contributed by atoms with E-state index in [1.807, 2.05) is 6.92 Å². The summed E-state index contributed by atoms with van der Waals surface area (Å²) in [5.41, 5.74) is -0.508. The molecule has 1 aromatic rings. The molecular formula is C13H19NO2S. The third-order valence-corrected chi connectivity index (χ3v) is 4.72. The van der Waals surface area contributed by atoms with Crippen molar-refractivity contribution in [3.05, 3.63) is 21.9 Å². The number of thiophene rings is 1. The van der Waals surface area contributed by atoms with Crippen molar-refractivity contribution in [2.24, 2.45) is 5.41 Å². The second-order valence-corrected chi connectivity index (χ2v) is 6.28. The van der Waals surface area contributed by atoms with E-state index >= 15 is 0 Å². The van der Waals surface area contributed by atoms with Gasteiger partial charge in [-0.2, -0.15) is 0 Å². The van der Waals surface area contributed by atoms with Crippen molar-refractivity contribution < 1.29 is 9.90 Å². The summed E-state index contributed by atoms with van der Waals surface area (Å²) in [5.74, 6) is -0.634. The topological polar surface area (TPSA) is 40.5 Å². The maximum atomic E-state index is 11.3. The molecule has 1 unspecified atom stereocenters. The SMILES string of the molecule is CCC1(C(=O)O)CCN(Cc2ccc(C)s2)C1. The highest BCUT2D eigenvalue weighted by Crippen LogP contribution is 2.35. The summed E-state index contributed by atoms with van der Waals surface area (Å²) in [5, 5.41) is 9.33. The third-order valence-electron chi connectivity index (χ3n) is 3.74. The van der Waals surface area contributed by atoms with Gasteiger partial charge in [0, 0.05) is 22.8 Å². The number of aliphatic carboxylic acids is 1. The summed E-state index contributed by atoms with van der Waals surface area (Å²) < 4.78 is 0. The Bertz CT molecular complexity index is 415. The zero-order valence-corrected chi connectivity index (χ0v) is 11.2. The second-order valence-electron chi connectivity index (χ2n) is 4.91. The van der Waals surface area contributed by atoms with E-state index in [4.69, 9.17) is 0 Å². The molecule has 2 rings (SSSR count). The lowest BCUT2D eigenvalue weighted by atomic mass is 9.84. The van der Waals surface area contributed by atoms with Gasteiger partial charge >= 0.3 is 5.97 Å². The minimum absolute atomic E-state index is 0.508. The van der Waals surface area contributed by atoms with Crippen molar-refractivity contribution in [1.29, 1.82) is 0 Å². The molecule has 94 valence electrons. The second kappa shape index (κ2) is 4.78. The Hall–Kier alpha value is -0.870. The number of hydrogen-bond donors (Lipinski definition) is 1. The molecule has 1 aliphatic heterocycles. The van der Waals surface area contributed by atoms with Crippen LogP contribution in [0.4, 0.5) is 0 Å². The number of carboxylic acid groups (broad SMARTS) is 1. The molecule has 1 atom stereocenters. The lowest BCUT2D eigenvalue weighted by Crippen LogP contribution is -2.33. The van der Waals surface area contributed by atoms with Crippen molar-refractivity contribution in [3.8, 4) is 0 Å². The normalized spacial score (nSPS) is 25.3. The van der Waals surface area contributed by atoms with Crippen LogP contribution in [0.25, 0.3) is 0 Å². The van der Waals surface area contributed by atoms with E-state index in [1.54, 1.807) is 11.3 Å². The highest BCUT2D eigenvalue weighted by atomic mass is 32.1. The maximum absolute atomic E-state index is 11.3. The van der Waals surface area contributed by atoms with Gasteiger partial charge in [0.25, 0.3) is 0 Å². The molecule has 0 radical (unpaired) electrons. The minimum Gasteiger partial charge on any atom is -0.481 e. The number of hydrogen-bond acceptors (Lipinski definition) is 3. The molecule has 0 saturated carbocycles. The summed E-state index contributed by atoms with van der Waals surface area (Å²) in [6, 6.07) is 4.27. The Labute approximate surface area is 106 Å². The number of nitrogens with zero attached hydrogens (tertiary/aromatic N) is 1. The van der Waals surface area contributed by atoms with Crippen LogP contribution in [0.3, 0.4) is 0 Å². The highest BCUT2D eigenvalue weighted by Gasteiger charge is 2.43. The smallest absolute Gasteiger partial charge is 0.310 e. The average Bonchev–Trinajstić information content (AvgIpc) is 2.87. The minimum atomic E-state index is -0.634. The first kappa shape index (κ1) is 12.6. The lowest BCUT2D eigenvalue weighted by molar-refractivity contribution is -0.148. The van der Waals surface area contributed by atoms with Crippen LogP contribution in [0.1, 0.15) is 29.5 Å². The van der Waals surface area contributed by atoms with Crippen molar-refractivity contribution in [2.75, 3.05) is 13.1 Å². The molecule has 4 heteroatoms. The third kappa shape index (κ3) is 2.53. The fourth-order valence-corrected chi connectivity index (χ4v) is 3.43. The number of likely N-dealkylation sites (tertiary alicyclic amines) is 1. The van der Waals surface area contributed by atoms with Crippen LogP contribution in [0.5, 0.6) is 0 Å². The molecule has 0 aliphatic carbocycles. The van der Waals surface area contributed by atoms with Gasteiger partial charge in [-0.1, -0.05) is 6.92 Å². The van der Waals surface area contributed by atoms with E-state index in [-0.39, 0.29) is 0 Å². The molecule has 1 saturated heterocycles. The van der Waals surface area contributed by atoms with E-state index in [1.165, 1.54) is 9.75 Å². The number of carbonyl (C=O) groups is 1. The predicted octanol–water partition coefficient (Wildman–Crippen LogP) is 2.74. The summed E-state index contributed by atoms with van der Waals surface area (Å²) in [6.07, 6.45) is 1.51. The Balaban J connectivity index is 2.00. The first-order chi connectivity index (χ1) is 8.05. The maximum Gasteiger partial charge on any atom is 0.310 e. The molecule has 17 heavy (non-hydrogen) atoms. The van der Waals surface area contributed by atoms with Gasteiger partial charge in [0.1, 0.15) is 0 Å². The molecule has 0 amide bonds. The van der Waals surface area contributed by atoms with Crippen molar-refractivity contribution in [2.45, 2.75) is 33.2 Å². The van der Waals surface area contributed by atoms with Gasteiger partial charge in [0.05, 0.1) is 5.41 Å². The van der Waals surface area contributed by atoms with Crippen LogP contribution in [0, 0.1) is 12.3 Å². The molecule has 0 bridgehead atoms. The van der Waals surface area contributed by atoms with E-state index < -0.39 is 11.4 Å². The predicted molar refractivity (Wildman–Crippen MR) is 69.3 cm³/mol. The fourth-order valence-electron chi connectivity index (χ4n) is 2.50. The van der Waals surface area contributed by atoms with Crippen molar-refractivity contribution in [3.63, 3.8) is 0 Å². The molecule has 2 heterocycles. The van der Waals surface area contributed by atoms with Crippen molar-refractivity contribution >= 4 is 17.3 Å². The number of carboxylic acids is 1. The molecular weight excluding hydrogens is 234 g/mol. The van der Waals surface area contributed by atoms with E-state index in [9.17, 15) is 9.90 Å². The van der Waals surface area contributed by atoms with Gasteiger partial charge in [-0.25, -0.2) is 0 Å². The Morgan fingerprint density at radius 1 is 1.59 bits per heavy atom. The lowest BCUT2D eigenvalue weighted by Gasteiger charge is -2.22. The van der Waals surface area contributed by atoms with Gasteiger partial charge in [0.15, 0.2) is 0 Å². The first-order valence-electron chi connectivity index (χ1n) is 6.07. The van der Waals surface area contributed by atoms with E-state index in [2.05, 4.69) is 24.0 Å². The van der Waals surface area contributed by atoms with Gasteiger partial charge in [0.2, 0.25) is 0 Å². The Kier molecular flexibility index (Phi) is 3.54. The molecule has 3 nitrogen and oxygen atoms in total. The fraction of sp³-hybridized carbons (Fsp3) is 0.615. The van der Waals surface area contributed by atoms with Gasteiger partial charge in [-0.3, -0.25) is 9.69 Å². The van der Waals surface area contributed by atoms with Crippen LogP contribution in [-0.2, 0) is 11.3 Å². The summed E-state index contributed by atoms with van der Waals surface area (Å²) in [7, 11) is 0. The monoisotopic (exact) mass is 253 g/mol. The highest BCUT2D eigenvalue weighted by molar-refractivity contribution is 7.11. The van der Waals surface area contributed by atoms with Crippen LogP contribution in [0.15, 0.2) is 12.1 Å².